The number of hydrogen-bond acceptors (Lipinski definition) is 10. The fraction of sp³-hybridized carbons (Fsp3) is 0.130. The van der Waals surface area contributed by atoms with Crippen LogP contribution in [-0.4, -0.2) is 59.1 Å². The molecule has 63 heavy (non-hydrogen) atoms. The minimum atomic E-state index is -3.97. The van der Waals surface area contributed by atoms with Crippen LogP contribution >= 0.6 is 0 Å². The van der Waals surface area contributed by atoms with E-state index in [1.807, 2.05) is 36.4 Å². The highest BCUT2D eigenvalue weighted by Gasteiger charge is 2.19. The molecule has 6 aromatic rings. The van der Waals surface area contributed by atoms with Crippen molar-refractivity contribution in [3.8, 4) is 11.5 Å². The first-order valence-corrected chi connectivity index (χ1v) is 21.0. The van der Waals surface area contributed by atoms with Crippen LogP contribution in [0.5, 0.6) is 11.5 Å². The molecular weight excluding hydrogens is 829 g/mol. The van der Waals surface area contributed by atoms with Gasteiger partial charge in [-0.15, -0.1) is 0 Å². The highest BCUT2D eigenvalue weighted by molar-refractivity contribution is 7.91. The Hall–Kier alpha value is -8.05. The van der Waals surface area contributed by atoms with Crippen molar-refractivity contribution in [2.24, 2.45) is 0 Å². The zero-order valence-corrected chi connectivity index (χ0v) is 35.0. The second kappa shape index (κ2) is 21.5. The topological polar surface area (TPSA) is 212 Å². The number of amides is 6. The molecule has 0 heterocycles. The van der Waals surface area contributed by atoms with E-state index in [2.05, 4.69) is 31.9 Å². The molecule has 17 heteroatoms. The van der Waals surface area contributed by atoms with E-state index in [9.17, 15) is 27.6 Å². The number of hydrogen-bond donors (Lipinski definition) is 6. The van der Waals surface area contributed by atoms with E-state index in [0.717, 1.165) is 11.1 Å². The van der Waals surface area contributed by atoms with E-state index in [1.165, 1.54) is 48.5 Å². The summed E-state index contributed by atoms with van der Waals surface area (Å²) < 4.78 is 48.3. The van der Waals surface area contributed by atoms with Crippen LogP contribution in [0.3, 0.4) is 0 Å². The fourth-order valence-corrected chi connectivity index (χ4v) is 7.00. The Kier molecular flexibility index (Phi) is 15.2. The van der Waals surface area contributed by atoms with Crippen LogP contribution in [0.1, 0.15) is 11.1 Å². The summed E-state index contributed by atoms with van der Waals surface area (Å²) in [6.07, 6.45) is -1.37. The Balaban J connectivity index is 0.946. The van der Waals surface area contributed by atoms with Crippen molar-refractivity contribution in [2.75, 3.05) is 58.3 Å². The van der Waals surface area contributed by atoms with Crippen molar-refractivity contribution in [2.45, 2.75) is 23.6 Å². The van der Waals surface area contributed by atoms with Gasteiger partial charge in [0.1, 0.15) is 37.9 Å². The average Bonchev–Trinajstić information content (AvgIpc) is 3.27. The van der Waals surface area contributed by atoms with Gasteiger partial charge in [0, 0.05) is 34.1 Å². The lowest BCUT2D eigenvalue weighted by atomic mass is 10.2. The number of aryl methyl sites for hydroxylation is 2. The van der Waals surface area contributed by atoms with E-state index in [1.54, 1.807) is 74.5 Å². The molecule has 0 saturated heterocycles. The van der Waals surface area contributed by atoms with Crippen molar-refractivity contribution in [3.05, 3.63) is 157 Å². The number of para-hydroxylation sites is 2. The van der Waals surface area contributed by atoms with Gasteiger partial charge in [-0.05, 0) is 122 Å². The van der Waals surface area contributed by atoms with E-state index < -0.39 is 34.1 Å². The molecule has 0 fully saturated rings. The molecule has 0 aliphatic heterocycles. The SMILES string of the molecule is Cc1ccc(NC(=O)Nc2ccc(S(=O)(=O)c3ccc(NC(=O)Nc4ccc(C)c(NC(=O)OCCOc5ccccc5)c4)cc3)cc2)cc1NC(=O)OCCOc1ccccc1. The molecule has 0 spiro atoms. The van der Waals surface area contributed by atoms with Gasteiger partial charge >= 0.3 is 24.2 Å². The predicted molar refractivity (Wildman–Crippen MR) is 240 cm³/mol. The molecular formula is C46H44N6O10S. The van der Waals surface area contributed by atoms with Gasteiger partial charge in [-0.1, -0.05) is 48.5 Å². The smallest absolute Gasteiger partial charge is 0.411 e. The largest absolute Gasteiger partial charge is 0.490 e. The minimum absolute atomic E-state index is 0.0205. The van der Waals surface area contributed by atoms with Crippen molar-refractivity contribution in [1.29, 1.82) is 0 Å². The number of carbonyl (C=O) groups is 4. The average molecular weight is 873 g/mol. The normalized spacial score (nSPS) is 10.7. The minimum Gasteiger partial charge on any atom is -0.490 e. The zero-order chi connectivity index (χ0) is 44.6. The summed E-state index contributed by atoms with van der Waals surface area (Å²) in [4.78, 5) is 50.4. The molecule has 6 N–H and O–H groups in total. The first-order chi connectivity index (χ1) is 30.4. The molecule has 0 radical (unpaired) electrons. The van der Waals surface area contributed by atoms with Crippen LogP contribution in [0, 0.1) is 13.8 Å². The van der Waals surface area contributed by atoms with Crippen molar-refractivity contribution < 1.29 is 46.5 Å². The summed E-state index contributed by atoms with van der Waals surface area (Å²) >= 11 is 0. The maximum absolute atomic E-state index is 13.4. The number of rotatable bonds is 16. The highest BCUT2D eigenvalue weighted by Crippen LogP contribution is 2.26. The number of anilines is 6. The van der Waals surface area contributed by atoms with E-state index in [0.29, 0.717) is 45.6 Å². The standard InChI is InChI=1S/C46H44N6O10S/c1-31-13-15-35(29-41(31)51-45(55)61-27-25-59-37-9-5-3-6-10-37)49-43(53)47-33-17-21-39(22-18-33)63(57,58)40-23-19-34(20-24-40)48-44(54)50-36-16-14-32(2)42(30-36)52-46(56)62-28-26-60-38-11-7-4-8-12-38/h3-24,29-30H,25-28H2,1-2H3,(H,51,55)(H,52,56)(H2,47,49,53)(H2,48,50,54). The van der Waals surface area contributed by atoms with Gasteiger partial charge in [-0.3, -0.25) is 10.6 Å². The van der Waals surface area contributed by atoms with Crippen molar-refractivity contribution >= 4 is 68.2 Å². The number of sulfone groups is 1. The predicted octanol–water partition coefficient (Wildman–Crippen LogP) is 9.68. The first kappa shape index (κ1) is 44.5. The third-order valence-corrected chi connectivity index (χ3v) is 10.8. The molecule has 324 valence electrons. The van der Waals surface area contributed by atoms with Gasteiger partial charge in [-0.25, -0.2) is 27.6 Å². The van der Waals surface area contributed by atoms with Crippen LogP contribution < -0.4 is 41.4 Å². The Morgan fingerprint density at radius 2 is 0.778 bits per heavy atom. The van der Waals surface area contributed by atoms with Crippen LogP contribution in [0.2, 0.25) is 0 Å². The lowest BCUT2D eigenvalue weighted by molar-refractivity contribution is 0.137. The number of carbonyl (C=O) groups excluding carboxylic acids is 4. The second-order valence-electron chi connectivity index (χ2n) is 13.6. The lowest BCUT2D eigenvalue weighted by Crippen LogP contribution is -2.20. The summed E-state index contributed by atoms with van der Waals surface area (Å²) in [6.45, 7) is 3.97. The maximum atomic E-state index is 13.4. The Labute approximate surface area is 363 Å². The van der Waals surface area contributed by atoms with Gasteiger partial charge in [0.15, 0.2) is 0 Å². The van der Waals surface area contributed by atoms with E-state index >= 15 is 0 Å². The zero-order valence-electron chi connectivity index (χ0n) is 34.2. The summed E-state index contributed by atoms with van der Waals surface area (Å²) in [6, 6.07) is 38.2. The second-order valence-corrected chi connectivity index (χ2v) is 15.6. The molecule has 0 aliphatic rings. The van der Waals surface area contributed by atoms with Gasteiger partial charge in [-0.2, -0.15) is 0 Å². The van der Waals surface area contributed by atoms with Gasteiger partial charge in [0.05, 0.1) is 9.79 Å². The molecule has 6 rings (SSSR count). The summed E-state index contributed by atoms with van der Waals surface area (Å²) in [7, 11) is -3.97. The maximum Gasteiger partial charge on any atom is 0.411 e. The van der Waals surface area contributed by atoms with Gasteiger partial charge < -0.3 is 40.2 Å². The molecule has 0 saturated carbocycles. The third-order valence-electron chi connectivity index (χ3n) is 8.97. The van der Waals surface area contributed by atoms with Crippen molar-refractivity contribution in [3.63, 3.8) is 0 Å². The number of nitrogens with one attached hydrogen (secondary N) is 6. The summed E-state index contributed by atoms with van der Waals surface area (Å²) in [5.74, 6) is 1.32. The molecule has 16 nitrogen and oxygen atoms in total. The lowest BCUT2D eigenvalue weighted by Gasteiger charge is -2.13. The van der Waals surface area contributed by atoms with Crippen LogP contribution in [0.25, 0.3) is 0 Å². The fourth-order valence-electron chi connectivity index (χ4n) is 5.74. The van der Waals surface area contributed by atoms with Gasteiger partial charge in [0.25, 0.3) is 0 Å². The highest BCUT2D eigenvalue weighted by atomic mass is 32.2. The van der Waals surface area contributed by atoms with Crippen LogP contribution in [0.4, 0.5) is 53.3 Å². The number of ether oxygens (including phenoxy) is 4. The molecule has 0 unspecified atom stereocenters. The molecule has 6 aromatic carbocycles. The Morgan fingerprint density at radius 3 is 1.16 bits per heavy atom. The quantitative estimate of drug-likeness (QED) is 0.0507. The molecule has 0 aliphatic carbocycles. The van der Waals surface area contributed by atoms with E-state index in [-0.39, 0.29) is 36.2 Å². The van der Waals surface area contributed by atoms with Crippen LogP contribution in [0.15, 0.2) is 155 Å². The Bertz CT molecular complexity index is 2460. The molecule has 0 bridgehead atoms. The summed E-state index contributed by atoms with van der Waals surface area (Å²) in [5.41, 5.74) is 3.74. The summed E-state index contributed by atoms with van der Waals surface area (Å²) in [5, 5.41) is 16.0. The van der Waals surface area contributed by atoms with Crippen molar-refractivity contribution in [1.82, 2.24) is 0 Å². The molecule has 0 aromatic heterocycles. The molecule has 6 amide bonds. The third kappa shape index (κ3) is 13.5. The number of urea groups is 2. The van der Waals surface area contributed by atoms with E-state index in [4.69, 9.17) is 18.9 Å². The number of benzene rings is 6. The van der Waals surface area contributed by atoms with Crippen LogP contribution in [-0.2, 0) is 19.3 Å². The Morgan fingerprint density at radius 1 is 0.429 bits per heavy atom. The monoisotopic (exact) mass is 872 g/mol. The first-order valence-electron chi connectivity index (χ1n) is 19.5. The molecule has 0 atom stereocenters. The van der Waals surface area contributed by atoms with Gasteiger partial charge in [0.2, 0.25) is 9.84 Å².